The minimum absolute atomic E-state index is 0.776. The van der Waals surface area contributed by atoms with E-state index in [9.17, 15) is 65.4 Å². The van der Waals surface area contributed by atoms with Gasteiger partial charge in [0.1, 0.15) is 85.4 Å². The van der Waals surface area contributed by atoms with Crippen LogP contribution < -0.4 is 5.32 Å². The number of aliphatic hydroxyl groups excluding tert-OH is 9. The lowest BCUT2D eigenvalue weighted by Crippen LogP contribution is -2.70. The van der Waals surface area contributed by atoms with E-state index in [0.29, 0.717) is 0 Å². The number of amides is 1. The molecule has 51 heavy (non-hydrogen) atoms. The number of ether oxygens (including phenoxy) is 9. The van der Waals surface area contributed by atoms with Crippen molar-refractivity contribution in [1.82, 2.24) is 5.32 Å². The summed E-state index contributed by atoms with van der Waals surface area (Å²) in [6.07, 6.45) is -35.9. The number of fused-ring (bicyclic) bond motifs is 2. The summed E-state index contributed by atoms with van der Waals surface area (Å²) in [5.41, 5.74) is 0. The Morgan fingerprint density at radius 1 is 0.647 bits per heavy atom. The number of hydrogen-bond acceptors (Lipinski definition) is 21. The van der Waals surface area contributed by atoms with Crippen LogP contribution in [0.25, 0.3) is 0 Å². The van der Waals surface area contributed by atoms with Crippen molar-refractivity contribution in [2.75, 3.05) is 19.8 Å². The van der Waals surface area contributed by atoms with Gasteiger partial charge in [-0.15, -0.1) is 0 Å². The molecule has 20 atom stereocenters. The highest BCUT2D eigenvalue weighted by atomic mass is 16.8. The molecule has 6 heterocycles. The smallest absolute Gasteiger partial charge is 0.336 e. The van der Waals surface area contributed by atoms with Gasteiger partial charge in [0.05, 0.1) is 19.8 Å². The van der Waals surface area contributed by atoms with E-state index in [1.165, 1.54) is 0 Å². The SMILES string of the molecule is CC(=O)N[C@H]1[C@@H]2O[C@H]3[C@@H](O[C@@H]([C@H](O)CO)[C@@H]3O)O[C@@H]3[C@H](O)[C@@H](O)[C@@H](O[C@@H]4[C@@H](O)[C@@H](O[C@H]1[C@@H](O)[C@@H](CO)O2)O[C@H](C(=O)O)[C@@H]4OC(C)=O)O[C@@H]3CO. The summed E-state index contributed by atoms with van der Waals surface area (Å²) in [6.45, 7) is -0.825. The largest absolute Gasteiger partial charge is 0.479 e. The maximum Gasteiger partial charge on any atom is 0.336 e. The molecule has 6 aliphatic rings. The molecule has 0 spiro atoms. The summed E-state index contributed by atoms with van der Waals surface area (Å²) in [4.78, 5) is 36.9. The van der Waals surface area contributed by atoms with E-state index in [0.717, 1.165) is 13.8 Å². The Labute approximate surface area is 288 Å². The third-order valence-corrected chi connectivity index (χ3v) is 9.07. The molecular weight excluding hydrogens is 702 g/mol. The Kier molecular flexibility index (Phi) is 12.8. The summed E-state index contributed by atoms with van der Waals surface area (Å²) in [6, 6.07) is -1.63. The topological polar surface area (TPSA) is 349 Å². The summed E-state index contributed by atoms with van der Waals surface area (Å²) in [5.74, 6) is -3.60. The number of rotatable bonds is 7. The van der Waals surface area contributed by atoms with Gasteiger partial charge >= 0.3 is 11.9 Å². The monoisotopic (exact) mass is 745 g/mol. The van der Waals surface area contributed by atoms with Gasteiger partial charge in [0.15, 0.2) is 37.4 Å². The lowest BCUT2D eigenvalue weighted by Gasteiger charge is -2.50. The second kappa shape index (κ2) is 16.4. The molecule has 0 saturated carbocycles. The molecular formula is C28H43NO22. The van der Waals surface area contributed by atoms with Crippen LogP contribution in [0.1, 0.15) is 13.8 Å². The number of aliphatic hydroxyl groups is 9. The first-order valence-electron chi connectivity index (χ1n) is 15.9. The highest BCUT2D eigenvalue weighted by Gasteiger charge is 2.60. The Balaban J connectivity index is 1.64. The molecule has 6 fully saturated rings. The first-order valence-corrected chi connectivity index (χ1v) is 15.9. The Morgan fingerprint density at radius 2 is 1.24 bits per heavy atom. The molecule has 23 nitrogen and oxygen atoms in total. The van der Waals surface area contributed by atoms with E-state index < -0.39 is 160 Å². The van der Waals surface area contributed by atoms with Crippen molar-refractivity contribution in [1.29, 1.82) is 0 Å². The number of carboxylic acid groups (broad SMARTS) is 1. The minimum atomic E-state index is -2.17. The zero-order valence-corrected chi connectivity index (χ0v) is 27.0. The van der Waals surface area contributed by atoms with Crippen molar-refractivity contribution in [2.45, 2.75) is 137 Å². The number of aliphatic carboxylic acids is 1. The average molecular weight is 746 g/mol. The van der Waals surface area contributed by atoms with Gasteiger partial charge < -0.3 is 99.0 Å². The van der Waals surface area contributed by atoms with Crippen LogP contribution in [0.5, 0.6) is 0 Å². The lowest BCUT2D eigenvalue weighted by atomic mass is 9.94. The number of nitrogens with one attached hydrogen (secondary N) is 1. The molecule has 0 aromatic heterocycles. The summed E-state index contributed by atoms with van der Waals surface area (Å²) in [7, 11) is 0. The summed E-state index contributed by atoms with van der Waals surface area (Å²) in [5, 5.41) is 109. The molecule has 0 radical (unpaired) electrons. The average Bonchev–Trinajstić information content (AvgIpc) is 3.38. The van der Waals surface area contributed by atoms with E-state index in [-0.39, 0.29) is 0 Å². The standard InChI is InChI=1S/C28H43NO22/c1-6(33)29-11-19-12(36)9(4-31)44-25(11)50-21-15(39)17(8(35)3-30)46-28(21)47-18-10(5-32)45-26(14(38)13(18)37)49-20-16(40)27(48-19)51-23(24(41)42)22(20)43-7(2)34/h8-23,25-28,30-32,35-40H,3-5H2,1-2H3,(H,29,33)(H,41,42)/t8-,9-,10-,11-,12+,13-,14-,15+,16-,17+,18+,19-,20-,21-,22-,23+,25+,26-,27+,28+/m1/s1. The van der Waals surface area contributed by atoms with Gasteiger partial charge in [0.25, 0.3) is 0 Å². The van der Waals surface area contributed by atoms with E-state index >= 15 is 0 Å². The maximum atomic E-state index is 12.4. The molecule has 0 aromatic carbocycles. The third-order valence-electron chi connectivity index (χ3n) is 9.07. The second-order valence-electron chi connectivity index (χ2n) is 12.6. The van der Waals surface area contributed by atoms with Crippen molar-refractivity contribution in [3.8, 4) is 0 Å². The Morgan fingerprint density at radius 3 is 1.82 bits per heavy atom. The fraction of sp³-hybridized carbons (Fsp3) is 0.893. The molecule has 23 heteroatoms. The molecule has 6 aliphatic heterocycles. The molecule has 0 aliphatic carbocycles. The maximum absolute atomic E-state index is 12.4. The van der Waals surface area contributed by atoms with Crippen molar-refractivity contribution in [3.05, 3.63) is 0 Å². The zero-order chi connectivity index (χ0) is 37.5. The first kappa shape index (κ1) is 39.9. The van der Waals surface area contributed by atoms with E-state index in [1.807, 2.05) is 0 Å². The van der Waals surface area contributed by atoms with Crippen LogP contribution in [-0.4, -0.2) is 211 Å². The first-order chi connectivity index (χ1) is 24.1. The van der Waals surface area contributed by atoms with Crippen molar-refractivity contribution < 1.29 is 108 Å². The van der Waals surface area contributed by atoms with Crippen molar-refractivity contribution >= 4 is 17.8 Å². The molecule has 6 saturated heterocycles. The number of carbonyl (C=O) groups excluding carboxylic acids is 2. The molecule has 6 bridgehead atoms. The minimum Gasteiger partial charge on any atom is -0.479 e. The van der Waals surface area contributed by atoms with Crippen molar-refractivity contribution in [3.63, 3.8) is 0 Å². The van der Waals surface area contributed by atoms with Gasteiger partial charge in [0.2, 0.25) is 5.91 Å². The van der Waals surface area contributed by atoms with Crippen LogP contribution in [0.3, 0.4) is 0 Å². The molecule has 1 amide bonds. The van der Waals surface area contributed by atoms with Crippen LogP contribution in [0.4, 0.5) is 0 Å². The van der Waals surface area contributed by atoms with Gasteiger partial charge in [-0.05, 0) is 0 Å². The molecule has 292 valence electrons. The summed E-state index contributed by atoms with van der Waals surface area (Å²) < 4.78 is 51.2. The molecule has 0 unspecified atom stereocenters. The van der Waals surface area contributed by atoms with Crippen LogP contribution in [-0.2, 0) is 57.0 Å². The van der Waals surface area contributed by atoms with Gasteiger partial charge in [-0.1, -0.05) is 0 Å². The van der Waals surface area contributed by atoms with Gasteiger partial charge in [-0.2, -0.15) is 0 Å². The van der Waals surface area contributed by atoms with E-state index in [2.05, 4.69) is 5.32 Å². The van der Waals surface area contributed by atoms with E-state index in [4.69, 9.17) is 42.6 Å². The normalized spacial score (nSPS) is 47.9. The predicted molar refractivity (Wildman–Crippen MR) is 152 cm³/mol. The second-order valence-corrected chi connectivity index (χ2v) is 12.6. The molecule has 0 aromatic rings. The number of carboxylic acids is 1. The fourth-order valence-corrected chi connectivity index (χ4v) is 6.64. The van der Waals surface area contributed by atoms with Gasteiger partial charge in [-0.3, -0.25) is 9.59 Å². The Bertz CT molecular complexity index is 1230. The van der Waals surface area contributed by atoms with Crippen LogP contribution in [0.15, 0.2) is 0 Å². The van der Waals surface area contributed by atoms with Gasteiger partial charge in [-0.25, -0.2) is 4.79 Å². The number of esters is 1. The van der Waals surface area contributed by atoms with Gasteiger partial charge in [0, 0.05) is 13.8 Å². The number of hydrogen-bond donors (Lipinski definition) is 11. The lowest BCUT2D eigenvalue weighted by molar-refractivity contribution is -0.385. The van der Waals surface area contributed by atoms with Crippen LogP contribution in [0, 0.1) is 0 Å². The molecule has 6 rings (SSSR count). The van der Waals surface area contributed by atoms with E-state index in [1.54, 1.807) is 0 Å². The zero-order valence-electron chi connectivity index (χ0n) is 27.0. The van der Waals surface area contributed by atoms with Crippen molar-refractivity contribution in [2.24, 2.45) is 0 Å². The molecule has 11 N–H and O–H groups in total. The van der Waals surface area contributed by atoms with Crippen LogP contribution >= 0.6 is 0 Å². The predicted octanol–water partition coefficient (Wildman–Crippen LogP) is -7.90. The Hall–Kier alpha value is -2.27. The quantitative estimate of drug-likeness (QED) is 0.108. The highest BCUT2D eigenvalue weighted by Crippen LogP contribution is 2.38. The van der Waals surface area contributed by atoms with Crippen LogP contribution in [0.2, 0.25) is 0 Å². The number of carbonyl (C=O) groups is 3. The summed E-state index contributed by atoms with van der Waals surface area (Å²) >= 11 is 0. The highest BCUT2D eigenvalue weighted by molar-refractivity contribution is 5.75. The third kappa shape index (κ3) is 8.00. The fourth-order valence-electron chi connectivity index (χ4n) is 6.64.